The molecule has 0 saturated heterocycles. The highest BCUT2D eigenvalue weighted by atomic mass is 79.9. The second-order valence-corrected chi connectivity index (χ2v) is 4.22. The number of hydrogen-bond acceptors (Lipinski definition) is 8. The van der Waals surface area contributed by atoms with Gasteiger partial charge in [-0.05, 0) is 28.1 Å². The van der Waals surface area contributed by atoms with Gasteiger partial charge in [-0.3, -0.25) is 10.1 Å². The van der Waals surface area contributed by atoms with E-state index in [1.54, 1.807) is 18.3 Å². The van der Waals surface area contributed by atoms with Crippen molar-refractivity contribution in [2.75, 3.05) is 10.7 Å². The summed E-state index contributed by atoms with van der Waals surface area (Å²) in [7, 11) is 0. The Bertz CT molecular complexity index is 604. The average Bonchev–Trinajstić information content (AvgIpc) is 2.40. The van der Waals surface area contributed by atoms with E-state index in [9.17, 15) is 10.1 Å². The molecular formula is C9H8BrN7O2. The van der Waals surface area contributed by atoms with E-state index in [4.69, 9.17) is 5.84 Å². The minimum absolute atomic E-state index is 0.00257. The Morgan fingerprint density at radius 3 is 2.58 bits per heavy atom. The first kappa shape index (κ1) is 13.1. The van der Waals surface area contributed by atoms with Gasteiger partial charge in [0.1, 0.15) is 12.1 Å². The highest BCUT2D eigenvalue weighted by Gasteiger charge is 2.22. The molecule has 0 saturated carbocycles. The van der Waals surface area contributed by atoms with Gasteiger partial charge in [0, 0.05) is 10.7 Å². The van der Waals surface area contributed by atoms with Crippen LogP contribution in [0.4, 0.5) is 23.1 Å². The first-order chi connectivity index (χ1) is 9.11. The fourth-order valence-corrected chi connectivity index (χ4v) is 1.55. The zero-order chi connectivity index (χ0) is 13.8. The Kier molecular flexibility index (Phi) is 3.82. The van der Waals surface area contributed by atoms with Crippen LogP contribution in [-0.2, 0) is 0 Å². The summed E-state index contributed by atoms with van der Waals surface area (Å²) in [6.07, 6.45) is 2.71. The quantitative estimate of drug-likeness (QED) is 0.438. The summed E-state index contributed by atoms with van der Waals surface area (Å²) in [5.74, 6) is 5.51. The van der Waals surface area contributed by atoms with Gasteiger partial charge in [-0.2, -0.15) is 0 Å². The molecule has 2 heterocycles. The summed E-state index contributed by atoms with van der Waals surface area (Å²) in [5.41, 5.74) is 1.80. The van der Waals surface area contributed by atoms with Gasteiger partial charge in [-0.1, -0.05) is 0 Å². The van der Waals surface area contributed by atoms with Crippen molar-refractivity contribution in [1.82, 2.24) is 15.0 Å². The lowest BCUT2D eigenvalue weighted by Crippen LogP contribution is -2.13. The predicted molar refractivity (Wildman–Crippen MR) is 71.7 cm³/mol. The van der Waals surface area contributed by atoms with Crippen LogP contribution in [0.15, 0.2) is 29.1 Å². The van der Waals surface area contributed by atoms with Crippen molar-refractivity contribution in [1.29, 1.82) is 0 Å². The number of aromatic nitrogens is 3. The number of nitro groups is 1. The molecule has 98 valence electrons. The van der Waals surface area contributed by atoms with Crippen molar-refractivity contribution < 1.29 is 4.92 Å². The number of halogens is 1. The standard InChI is InChI=1S/C9H8BrN7O2/c10-5-1-2-6(12-3-5)15-8-7(17(18)19)9(16-11)14-4-13-8/h1-4H,11H2,(H2,12,13,14,15,16). The summed E-state index contributed by atoms with van der Waals surface area (Å²) < 4.78 is 0.791. The molecule has 0 aliphatic carbocycles. The lowest BCUT2D eigenvalue weighted by Gasteiger charge is -2.07. The molecule has 0 fully saturated rings. The van der Waals surface area contributed by atoms with Gasteiger partial charge < -0.3 is 10.7 Å². The molecule has 9 nitrogen and oxygen atoms in total. The number of nitrogen functional groups attached to an aromatic ring is 1. The molecule has 0 bridgehead atoms. The van der Waals surface area contributed by atoms with Crippen LogP contribution in [0.3, 0.4) is 0 Å². The maximum Gasteiger partial charge on any atom is 0.354 e. The van der Waals surface area contributed by atoms with Gasteiger partial charge in [-0.25, -0.2) is 20.8 Å². The van der Waals surface area contributed by atoms with E-state index in [-0.39, 0.29) is 17.3 Å². The van der Waals surface area contributed by atoms with Crippen LogP contribution >= 0.6 is 15.9 Å². The number of nitrogens with one attached hydrogen (secondary N) is 2. The van der Waals surface area contributed by atoms with Crippen LogP contribution in [0.2, 0.25) is 0 Å². The highest BCUT2D eigenvalue weighted by Crippen LogP contribution is 2.29. The van der Waals surface area contributed by atoms with Crippen LogP contribution in [0.5, 0.6) is 0 Å². The molecule has 2 aromatic heterocycles. The number of anilines is 3. The first-order valence-electron chi connectivity index (χ1n) is 4.96. The molecule has 0 atom stereocenters. The largest absolute Gasteiger partial charge is 0.354 e. The normalized spacial score (nSPS) is 10.0. The van der Waals surface area contributed by atoms with Crippen molar-refractivity contribution in [2.45, 2.75) is 0 Å². The van der Waals surface area contributed by atoms with Crippen LogP contribution in [0.1, 0.15) is 0 Å². The van der Waals surface area contributed by atoms with Crippen molar-refractivity contribution in [3.63, 3.8) is 0 Å². The Morgan fingerprint density at radius 2 is 2.00 bits per heavy atom. The lowest BCUT2D eigenvalue weighted by molar-refractivity contribution is -0.383. The highest BCUT2D eigenvalue weighted by molar-refractivity contribution is 9.10. The summed E-state index contributed by atoms with van der Waals surface area (Å²) >= 11 is 3.24. The number of nitrogens with zero attached hydrogens (tertiary/aromatic N) is 4. The van der Waals surface area contributed by atoms with Gasteiger partial charge in [0.15, 0.2) is 0 Å². The zero-order valence-electron chi connectivity index (χ0n) is 9.37. The van der Waals surface area contributed by atoms with Gasteiger partial charge >= 0.3 is 5.69 Å². The van der Waals surface area contributed by atoms with Crippen LogP contribution in [0, 0.1) is 10.1 Å². The molecular weight excluding hydrogens is 318 g/mol. The molecule has 10 heteroatoms. The molecule has 2 aromatic rings. The first-order valence-corrected chi connectivity index (χ1v) is 5.75. The van der Waals surface area contributed by atoms with Crippen molar-refractivity contribution in [3.8, 4) is 0 Å². The maximum atomic E-state index is 11.0. The van der Waals surface area contributed by atoms with E-state index in [0.717, 1.165) is 10.8 Å². The third kappa shape index (κ3) is 2.92. The minimum Gasteiger partial charge on any atom is -0.319 e. The lowest BCUT2D eigenvalue weighted by atomic mass is 10.4. The van der Waals surface area contributed by atoms with Crippen LogP contribution in [-0.4, -0.2) is 19.9 Å². The van der Waals surface area contributed by atoms with Crippen LogP contribution in [0.25, 0.3) is 0 Å². The van der Waals surface area contributed by atoms with Gasteiger partial charge in [0.2, 0.25) is 11.6 Å². The molecule has 19 heavy (non-hydrogen) atoms. The Morgan fingerprint density at radius 1 is 1.26 bits per heavy atom. The average molecular weight is 326 g/mol. The summed E-state index contributed by atoms with van der Waals surface area (Å²) in [5, 5.41) is 13.7. The summed E-state index contributed by atoms with van der Waals surface area (Å²) in [4.78, 5) is 21.9. The third-order valence-corrected chi connectivity index (χ3v) is 2.58. The topological polar surface area (TPSA) is 132 Å². The fraction of sp³-hybridized carbons (Fsp3) is 0. The molecule has 2 rings (SSSR count). The fourth-order valence-electron chi connectivity index (χ4n) is 1.32. The number of hydrazine groups is 1. The predicted octanol–water partition coefficient (Wildman–Crippen LogP) is 1.57. The van der Waals surface area contributed by atoms with Crippen molar-refractivity contribution in [3.05, 3.63) is 39.2 Å². The number of hydrogen-bond donors (Lipinski definition) is 3. The number of pyridine rings is 1. The van der Waals surface area contributed by atoms with E-state index in [1.165, 1.54) is 0 Å². The smallest absolute Gasteiger partial charge is 0.319 e. The molecule has 4 N–H and O–H groups in total. The molecule has 0 spiro atoms. The Labute approximate surface area is 115 Å². The third-order valence-electron chi connectivity index (χ3n) is 2.12. The maximum absolute atomic E-state index is 11.0. The van der Waals surface area contributed by atoms with Crippen LogP contribution < -0.4 is 16.6 Å². The van der Waals surface area contributed by atoms with Gasteiger partial charge in [0.25, 0.3) is 0 Å². The number of nitrogens with two attached hydrogens (primary N) is 1. The molecule has 0 radical (unpaired) electrons. The van der Waals surface area contributed by atoms with Gasteiger partial charge in [-0.15, -0.1) is 0 Å². The minimum atomic E-state index is -0.629. The van der Waals surface area contributed by atoms with E-state index in [0.29, 0.717) is 5.82 Å². The summed E-state index contributed by atoms with van der Waals surface area (Å²) in [6, 6.07) is 3.38. The second kappa shape index (κ2) is 5.54. The van der Waals surface area contributed by atoms with E-state index in [1.807, 2.05) is 0 Å². The number of rotatable bonds is 4. The van der Waals surface area contributed by atoms with Crippen molar-refractivity contribution in [2.24, 2.45) is 5.84 Å². The monoisotopic (exact) mass is 325 g/mol. The zero-order valence-corrected chi connectivity index (χ0v) is 11.0. The Hall–Kier alpha value is -2.33. The SMILES string of the molecule is NNc1ncnc(Nc2ccc(Br)cn2)c1[N+](=O)[O-]. The molecule has 0 amide bonds. The molecule has 0 aliphatic rings. The molecule has 0 unspecified atom stereocenters. The van der Waals surface area contributed by atoms with Crippen molar-refractivity contribution >= 4 is 39.1 Å². The van der Waals surface area contributed by atoms with E-state index >= 15 is 0 Å². The molecule has 0 aromatic carbocycles. The Balaban J connectivity index is 2.39. The summed E-state index contributed by atoms with van der Waals surface area (Å²) in [6.45, 7) is 0. The van der Waals surface area contributed by atoms with Gasteiger partial charge in [0.05, 0.1) is 4.92 Å². The second-order valence-electron chi connectivity index (χ2n) is 3.31. The van der Waals surface area contributed by atoms with E-state index < -0.39 is 4.92 Å². The molecule has 0 aliphatic heterocycles. The van der Waals surface area contributed by atoms with E-state index in [2.05, 4.69) is 41.6 Å².